The molecule has 0 bridgehead atoms. The first kappa shape index (κ1) is 17.4. The summed E-state index contributed by atoms with van der Waals surface area (Å²) in [6.07, 6.45) is 0.890. The van der Waals surface area contributed by atoms with Gasteiger partial charge in [0.25, 0.3) is 0 Å². The van der Waals surface area contributed by atoms with Gasteiger partial charge in [-0.1, -0.05) is 0 Å². The minimum Gasteiger partial charge on any atom is -0.355 e. The lowest BCUT2D eigenvalue weighted by molar-refractivity contribution is -0.132. The zero-order chi connectivity index (χ0) is 17.2. The van der Waals surface area contributed by atoms with Crippen LogP contribution in [0.4, 0.5) is 0 Å². The van der Waals surface area contributed by atoms with Gasteiger partial charge in [0, 0.05) is 42.9 Å². The highest BCUT2D eigenvalue weighted by Crippen LogP contribution is 2.25. The van der Waals surface area contributed by atoms with Crippen molar-refractivity contribution in [2.24, 2.45) is 5.92 Å². The summed E-state index contributed by atoms with van der Waals surface area (Å²) in [7, 11) is 0. The van der Waals surface area contributed by atoms with Crippen LogP contribution in [-0.4, -0.2) is 45.3 Å². The van der Waals surface area contributed by atoms with E-state index in [1.54, 1.807) is 4.90 Å². The number of nitrogens with zero attached hydrogens (tertiary/aromatic N) is 3. The van der Waals surface area contributed by atoms with Crippen molar-refractivity contribution in [1.29, 1.82) is 0 Å². The number of carbonyl (C=O) groups is 2. The normalized spacial score (nSPS) is 18.4. The van der Waals surface area contributed by atoms with Gasteiger partial charge >= 0.3 is 0 Å². The Bertz CT molecular complexity index is 587. The fourth-order valence-electron chi connectivity index (χ4n) is 2.88. The maximum Gasteiger partial charge on any atom is 0.225 e. The summed E-state index contributed by atoms with van der Waals surface area (Å²) >= 11 is 0. The first-order chi connectivity index (χ1) is 10.7. The fourth-order valence-corrected chi connectivity index (χ4v) is 2.88. The molecule has 6 heteroatoms. The van der Waals surface area contributed by atoms with Gasteiger partial charge in [-0.25, -0.2) is 9.97 Å². The Kier molecular flexibility index (Phi) is 5.02. The summed E-state index contributed by atoms with van der Waals surface area (Å²) in [5, 5.41) is 2.91. The third kappa shape index (κ3) is 4.50. The van der Waals surface area contributed by atoms with Crippen molar-refractivity contribution in [1.82, 2.24) is 20.2 Å². The lowest BCUT2D eigenvalue weighted by atomic mass is 10.1. The second-order valence-corrected chi connectivity index (χ2v) is 7.18. The van der Waals surface area contributed by atoms with Crippen molar-refractivity contribution in [3.05, 3.63) is 23.3 Å². The molecule has 1 unspecified atom stereocenters. The van der Waals surface area contributed by atoms with E-state index in [2.05, 4.69) is 15.3 Å². The van der Waals surface area contributed by atoms with Crippen molar-refractivity contribution in [3.8, 4) is 0 Å². The molecule has 1 N–H and O–H groups in total. The van der Waals surface area contributed by atoms with Crippen LogP contribution in [0.3, 0.4) is 0 Å². The van der Waals surface area contributed by atoms with Gasteiger partial charge in [0.2, 0.25) is 11.8 Å². The predicted molar refractivity (Wildman–Crippen MR) is 87.8 cm³/mol. The highest BCUT2D eigenvalue weighted by molar-refractivity contribution is 5.89. The summed E-state index contributed by atoms with van der Waals surface area (Å²) in [4.78, 5) is 34.8. The van der Waals surface area contributed by atoms with Crippen LogP contribution in [-0.2, 0) is 16.0 Å². The van der Waals surface area contributed by atoms with Crippen LogP contribution in [0.15, 0.2) is 6.07 Å². The molecule has 1 aliphatic rings. The molecule has 23 heavy (non-hydrogen) atoms. The molecule has 1 atom stereocenters. The minimum atomic E-state index is -0.262. The van der Waals surface area contributed by atoms with E-state index in [0.29, 0.717) is 25.9 Å². The van der Waals surface area contributed by atoms with E-state index in [1.807, 2.05) is 40.7 Å². The average Bonchev–Trinajstić information content (AvgIpc) is 2.79. The third-order valence-corrected chi connectivity index (χ3v) is 3.98. The number of amides is 2. The van der Waals surface area contributed by atoms with Crippen molar-refractivity contribution >= 4 is 11.8 Å². The first-order valence-electron chi connectivity index (χ1n) is 8.06. The average molecular weight is 318 g/mol. The van der Waals surface area contributed by atoms with Crippen molar-refractivity contribution < 1.29 is 9.59 Å². The number of aryl methyl sites for hydroxylation is 2. The van der Waals surface area contributed by atoms with E-state index in [0.717, 1.165) is 17.2 Å². The molecule has 0 aliphatic carbocycles. The monoisotopic (exact) mass is 318 g/mol. The standard InChI is InChI=1S/C17H26N4O2/c1-11-8-12(2)20-14(19-11)6-7-18-16(23)13-9-15(22)21(10-13)17(3,4)5/h8,13H,6-7,9-10H2,1-5H3,(H,18,23). The Labute approximate surface area is 137 Å². The molecule has 0 spiro atoms. The molecule has 1 aromatic heterocycles. The number of rotatable bonds is 4. The molecule has 126 valence electrons. The van der Waals surface area contributed by atoms with Crippen LogP contribution in [0.2, 0.25) is 0 Å². The number of likely N-dealkylation sites (tertiary alicyclic amines) is 1. The minimum absolute atomic E-state index is 0.0512. The molecule has 1 fully saturated rings. The smallest absolute Gasteiger partial charge is 0.225 e. The molecule has 1 aliphatic heterocycles. The van der Waals surface area contributed by atoms with E-state index < -0.39 is 0 Å². The van der Waals surface area contributed by atoms with Gasteiger partial charge in [-0.3, -0.25) is 9.59 Å². The first-order valence-corrected chi connectivity index (χ1v) is 8.06. The molecular weight excluding hydrogens is 292 g/mol. The summed E-state index contributed by atoms with van der Waals surface area (Å²) in [5.74, 6) is 0.466. The molecule has 1 saturated heterocycles. The number of aromatic nitrogens is 2. The van der Waals surface area contributed by atoms with Crippen molar-refractivity contribution in [3.63, 3.8) is 0 Å². The van der Waals surface area contributed by atoms with Gasteiger partial charge in [-0.15, -0.1) is 0 Å². The van der Waals surface area contributed by atoms with Gasteiger partial charge < -0.3 is 10.2 Å². The highest BCUT2D eigenvalue weighted by atomic mass is 16.2. The maximum atomic E-state index is 12.3. The van der Waals surface area contributed by atoms with Crippen LogP contribution >= 0.6 is 0 Å². The lowest BCUT2D eigenvalue weighted by Crippen LogP contribution is -2.43. The summed E-state index contributed by atoms with van der Waals surface area (Å²) in [6.45, 7) is 10.8. The lowest BCUT2D eigenvalue weighted by Gasteiger charge is -2.31. The third-order valence-electron chi connectivity index (χ3n) is 3.98. The molecule has 2 rings (SSSR count). The Morgan fingerprint density at radius 3 is 2.43 bits per heavy atom. The summed E-state index contributed by atoms with van der Waals surface area (Å²) < 4.78 is 0. The Balaban J connectivity index is 1.85. The molecular formula is C17H26N4O2. The van der Waals surface area contributed by atoms with Crippen LogP contribution in [0.1, 0.15) is 44.4 Å². The largest absolute Gasteiger partial charge is 0.355 e. The second-order valence-electron chi connectivity index (χ2n) is 7.18. The van der Waals surface area contributed by atoms with E-state index >= 15 is 0 Å². The summed E-state index contributed by atoms with van der Waals surface area (Å²) in [5.41, 5.74) is 1.63. The zero-order valence-electron chi connectivity index (χ0n) is 14.6. The van der Waals surface area contributed by atoms with Crippen LogP contribution < -0.4 is 5.32 Å². The van der Waals surface area contributed by atoms with Crippen molar-refractivity contribution in [2.45, 2.75) is 53.0 Å². The number of hydrogen-bond acceptors (Lipinski definition) is 4. The molecule has 0 radical (unpaired) electrons. The van der Waals surface area contributed by atoms with Crippen LogP contribution in [0.25, 0.3) is 0 Å². The molecule has 0 saturated carbocycles. The number of hydrogen-bond donors (Lipinski definition) is 1. The van der Waals surface area contributed by atoms with Gasteiger partial charge in [0.05, 0.1) is 5.92 Å². The Morgan fingerprint density at radius 2 is 1.91 bits per heavy atom. The van der Waals surface area contributed by atoms with Crippen LogP contribution in [0, 0.1) is 19.8 Å². The molecule has 1 aromatic rings. The molecule has 0 aromatic carbocycles. The van der Waals surface area contributed by atoms with E-state index in [9.17, 15) is 9.59 Å². The number of carbonyl (C=O) groups excluding carboxylic acids is 2. The summed E-state index contributed by atoms with van der Waals surface area (Å²) in [6, 6.07) is 1.92. The van der Waals surface area contributed by atoms with Gasteiger partial charge in [-0.2, -0.15) is 0 Å². The van der Waals surface area contributed by atoms with E-state index in [1.165, 1.54) is 0 Å². The van der Waals surface area contributed by atoms with Gasteiger partial charge in [0.15, 0.2) is 0 Å². The SMILES string of the molecule is Cc1cc(C)nc(CCNC(=O)C2CC(=O)N(C(C)(C)C)C2)n1. The van der Waals surface area contributed by atoms with Gasteiger partial charge in [0.1, 0.15) is 5.82 Å². The predicted octanol–water partition coefficient (Wildman–Crippen LogP) is 1.40. The highest BCUT2D eigenvalue weighted by Gasteiger charge is 2.39. The molecule has 2 amide bonds. The molecule has 2 heterocycles. The van der Waals surface area contributed by atoms with E-state index in [-0.39, 0.29) is 23.3 Å². The Morgan fingerprint density at radius 1 is 1.30 bits per heavy atom. The Hall–Kier alpha value is -1.98. The van der Waals surface area contributed by atoms with Crippen LogP contribution in [0.5, 0.6) is 0 Å². The number of nitrogens with one attached hydrogen (secondary N) is 1. The zero-order valence-corrected chi connectivity index (χ0v) is 14.6. The maximum absolute atomic E-state index is 12.3. The fraction of sp³-hybridized carbons (Fsp3) is 0.647. The second kappa shape index (κ2) is 6.64. The van der Waals surface area contributed by atoms with Gasteiger partial charge in [-0.05, 0) is 40.7 Å². The van der Waals surface area contributed by atoms with Crippen molar-refractivity contribution in [2.75, 3.05) is 13.1 Å². The molecule has 6 nitrogen and oxygen atoms in total. The quantitative estimate of drug-likeness (QED) is 0.910. The van der Waals surface area contributed by atoms with E-state index in [4.69, 9.17) is 0 Å². The topological polar surface area (TPSA) is 75.2 Å².